The maximum absolute atomic E-state index is 12.5. The molecule has 0 radical (unpaired) electrons. The van der Waals surface area contributed by atoms with Gasteiger partial charge in [0.2, 0.25) is 0 Å². The van der Waals surface area contributed by atoms with Gasteiger partial charge in [-0.25, -0.2) is 8.42 Å². The maximum atomic E-state index is 12.5. The van der Waals surface area contributed by atoms with Gasteiger partial charge in [0.15, 0.2) is 5.78 Å². The van der Waals surface area contributed by atoms with Gasteiger partial charge in [-0.05, 0) is 43.9 Å². The van der Waals surface area contributed by atoms with Crippen molar-refractivity contribution in [3.8, 4) is 0 Å². The number of ether oxygens (including phenoxy) is 1. The first-order valence-corrected chi connectivity index (χ1v) is 10.1. The lowest BCUT2D eigenvalue weighted by molar-refractivity contribution is 0.0860. The van der Waals surface area contributed by atoms with Crippen LogP contribution in [0.5, 0.6) is 0 Å². The van der Waals surface area contributed by atoms with E-state index in [0.717, 1.165) is 17.7 Å². The fourth-order valence-electron chi connectivity index (χ4n) is 2.71. The number of carbonyl (C=O) groups is 1. The molecule has 0 saturated carbocycles. The molecule has 2 aromatic rings. The quantitative estimate of drug-likeness (QED) is 0.821. The third-order valence-electron chi connectivity index (χ3n) is 4.03. The van der Waals surface area contributed by atoms with Crippen LogP contribution in [0.25, 0.3) is 0 Å². The van der Waals surface area contributed by atoms with Crippen molar-refractivity contribution in [3.05, 3.63) is 46.8 Å². The van der Waals surface area contributed by atoms with Gasteiger partial charge in [-0.1, -0.05) is 18.2 Å². The third kappa shape index (κ3) is 3.68. The van der Waals surface area contributed by atoms with Gasteiger partial charge in [0, 0.05) is 18.1 Å². The zero-order valence-corrected chi connectivity index (χ0v) is 15.0. The van der Waals surface area contributed by atoms with Gasteiger partial charge in [-0.15, -0.1) is 11.3 Å². The highest BCUT2D eigenvalue weighted by Gasteiger charge is 2.24. The first-order valence-electron chi connectivity index (χ1n) is 7.77. The monoisotopic (exact) mass is 365 g/mol. The Hall–Kier alpha value is -1.70. The number of sulfonamides is 1. The second-order valence-corrected chi connectivity index (χ2v) is 8.52. The Morgan fingerprint density at radius 2 is 1.88 bits per heavy atom. The summed E-state index contributed by atoms with van der Waals surface area (Å²) in [6.45, 7) is 2.85. The average Bonchev–Trinajstić information content (AvgIpc) is 3.00. The van der Waals surface area contributed by atoms with Gasteiger partial charge in [-0.3, -0.25) is 9.52 Å². The van der Waals surface area contributed by atoms with Crippen LogP contribution >= 0.6 is 11.3 Å². The van der Waals surface area contributed by atoms with Crippen LogP contribution in [0, 0.1) is 0 Å². The lowest BCUT2D eigenvalue weighted by atomic mass is 9.98. The highest BCUT2D eigenvalue weighted by atomic mass is 32.2. The highest BCUT2D eigenvalue weighted by molar-refractivity contribution is 7.93. The minimum absolute atomic E-state index is 0.143. The molecule has 128 valence electrons. The molecule has 24 heavy (non-hydrogen) atoms. The standard InChI is InChI=1S/C17H19NO4S2/c1-12(19)15-11-16(13-7-9-22-10-8-13)23-17(15)18-24(20,21)14-5-3-2-4-6-14/h2-6,11,13,18H,7-10H2,1H3. The number of nitrogens with one attached hydrogen (secondary N) is 1. The Bertz CT molecular complexity index is 822. The molecular formula is C17H19NO4S2. The molecule has 0 amide bonds. The first-order chi connectivity index (χ1) is 11.5. The van der Waals surface area contributed by atoms with Crippen molar-refractivity contribution >= 4 is 32.1 Å². The zero-order valence-electron chi connectivity index (χ0n) is 13.3. The number of benzene rings is 1. The summed E-state index contributed by atoms with van der Waals surface area (Å²) in [4.78, 5) is 13.1. The molecule has 1 aliphatic rings. The van der Waals surface area contributed by atoms with E-state index in [1.165, 1.54) is 30.4 Å². The van der Waals surface area contributed by atoms with E-state index in [0.29, 0.717) is 29.7 Å². The third-order valence-corrected chi connectivity index (χ3v) is 6.74. The van der Waals surface area contributed by atoms with Crippen LogP contribution in [0.4, 0.5) is 5.00 Å². The van der Waals surface area contributed by atoms with Crippen molar-refractivity contribution in [2.45, 2.75) is 30.6 Å². The minimum Gasteiger partial charge on any atom is -0.381 e. The van der Waals surface area contributed by atoms with E-state index in [-0.39, 0.29) is 10.7 Å². The van der Waals surface area contributed by atoms with Crippen LogP contribution < -0.4 is 4.72 Å². The van der Waals surface area contributed by atoms with Crippen LogP contribution in [0.15, 0.2) is 41.3 Å². The summed E-state index contributed by atoms with van der Waals surface area (Å²) in [6, 6.07) is 9.98. The molecule has 1 aromatic heterocycles. The maximum Gasteiger partial charge on any atom is 0.262 e. The second-order valence-electron chi connectivity index (χ2n) is 5.75. The molecule has 0 atom stereocenters. The van der Waals surface area contributed by atoms with E-state index < -0.39 is 10.0 Å². The normalized spacial score (nSPS) is 16.0. The predicted octanol–water partition coefficient (Wildman–Crippen LogP) is 3.65. The van der Waals surface area contributed by atoms with E-state index in [4.69, 9.17) is 4.74 Å². The summed E-state index contributed by atoms with van der Waals surface area (Å²) in [5.74, 6) is 0.173. The number of hydrogen-bond acceptors (Lipinski definition) is 5. The molecule has 1 N–H and O–H groups in total. The van der Waals surface area contributed by atoms with E-state index in [1.807, 2.05) is 6.07 Å². The van der Waals surface area contributed by atoms with E-state index in [2.05, 4.69) is 4.72 Å². The highest BCUT2D eigenvalue weighted by Crippen LogP contribution is 2.38. The van der Waals surface area contributed by atoms with Crippen LogP contribution in [0.2, 0.25) is 0 Å². The lowest BCUT2D eigenvalue weighted by Crippen LogP contribution is -2.13. The average molecular weight is 365 g/mol. The molecule has 3 rings (SSSR count). The summed E-state index contributed by atoms with van der Waals surface area (Å²) in [5.41, 5.74) is 0.431. The molecule has 7 heteroatoms. The summed E-state index contributed by atoms with van der Waals surface area (Å²) < 4.78 is 33.0. The fraction of sp³-hybridized carbons (Fsp3) is 0.353. The van der Waals surface area contributed by atoms with Gasteiger partial charge >= 0.3 is 0 Å². The van der Waals surface area contributed by atoms with Crippen molar-refractivity contribution in [1.82, 2.24) is 0 Å². The number of rotatable bonds is 5. The number of thiophene rings is 1. The van der Waals surface area contributed by atoms with Gasteiger partial charge < -0.3 is 4.74 Å². The van der Waals surface area contributed by atoms with Crippen LogP contribution in [-0.2, 0) is 14.8 Å². The largest absolute Gasteiger partial charge is 0.381 e. The van der Waals surface area contributed by atoms with Crippen molar-refractivity contribution < 1.29 is 17.9 Å². The van der Waals surface area contributed by atoms with Gasteiger partial charge in [-0.2, -0.15) is 0 Å². The molecule has 0 unspecified atom stereocenters. The van der Waals surface area contributed by atoms with Crippen LogP contribution in [-0.4, -0.2) is 27.4 Å². The van der Waals surface area contributed by atoms with E-state index >= 15 is 0 Å². The molecular weight excluding hydrogens is 346 g/mol. The topological polar surface area (TPSA) is 72.5 Å². The van der Waals surface area contributed by atoms with Gasteiger partial charge in [0.1, 0.15) is 5.00 Å². The number of anilines is 1. The second kappa shape index (κ2) is 7.04. The Labute approximate surface area is 145 Å². The number of carbonyl (C=O) groups excluding carboxylic acids is 1. The lowest BCUT2D eigenvalue weighted by Gasteiger charge is -2.20. The Kier molecular flexibility index (Phi) is 5.03. The summed E-state index contributed by atoms with van der Waals surface area (Å²) in [7, 11) is -3.70. The first kappa shape index (κ1) is 17.1. The molecule has 1 saturated heterocycles. The molecule has 0 bridgehead atoms. The molecule has 1 fully saturated rings. The molecule has 2 heterocycles. The minimum atomic E-state index is -3.70. The van der Waals surface area contributed by atoms with Crippen molar-refractivity contribution in [2.75, 3.05) is 17.9 Å². The van der Waals surface area contributed by atoms with Gasteiger partial charge in [0.05, 0.1) is 10.5 Å². The predicted molar refractivity (Wildman–Crippen MR) is 94.4 cm³/mol. The Balaban J connectivity index is 1.92. The van der Waals surface area contributed by atoms with Crippen molar-refractivity contribution in [1.29, 1.82) is 0 Å². The Morgan fingerprint density at radius 3 is 2.50 bits per heavy atom. The molecule has 1 aliphatic heterocycles. The molecule has 0 aliphatic carbocycles. The summed E-state index contributed by atoms with van der Waals surface area (Å²) >= 11 is 1.35. The number of hydrogen-bond donors (Lipinski definition) is 1. The molecule has 1 aromatic carbocycles. The van der Waals surface area contributed by atoms with E-state index in [1.54, 1.807) is 18.2 Å². The molecule has 0 spiro atoms. The fourth-order valence-corrected chi connectivity index (χ4v) is 5.32. The smallest absolute Gasteiger partial charge is 0.262 e. The van der Waals surface area contributed by atoms with Crippen molar-refractivity contribution in [2.24, 2.45) is 0 Å². The summed E-state index contributed by atoms with van der Waals surface area (Å²) in [5, 5.41) is 0.396. The van der Waals surface area contributed by atoms with Crippen LogP contribution in [0.3, 0.4) is 0 Å². The number of Topliss-reactive ketones (excluding diaryl/α,β-unsaturated/α-hetero) is 1. The van der Waals surface area contributed by atoms with Crippen LogP contribution in [0.1, 0.15) is 40.9 Å². The van der Waals surface area contributed by atoms with Gasteiger partial charge in [0.25, 0.3) is 10.0 Å². The molecule has 5 nitrogen and oxygen atoms in total. The zero-order chi connectivity index (χ0) is 17.2. The Morgan fingerprint density at radius 1 is 1.21 bits per heavy atom. The van der Waals surface area contributed by atoms with Crippen molar-refractivity contribution in [3.63, 3.8) is 0 Å². The SMILES string of the molecule is CC(=O)c1cc(C2CCOCC2)sc1NS(=O)(=O)c1ccccc1. The number of ketones is 1. The van der Waals surface area contributed by atoms with E-state index in [9.17, 15) is 13.2 Å². The summed E-state index contributed by atoms with van der Waals surface area (Å²) in [6.07, 6.45) is 1.78.